The zero-order valence-electron chi connectivity index (χ0n) is 7.69. The van der Waals surface area contributed by atoms with Crippen molar-refractivity contribution in [3.05, 3.63) is 29.8 Å². The van der Waals surface area contributed by atoms with E-state index in [9.17, 15) is 14.7 Å². The maximum Gasteiger partial charge on any atom is 1.00 e. The van der Waals surface area contributed by atoms with Crippen LogP contribution in [0.1, 0.15) is 5.56 Å². The molecule has 0 fully saturated rings. The normalized spacial score (nSPS) is 8.86. The van der Waals surface area contributed by atoms with E-state index in [2.05, 4.69) is 0 Å². The number of phenols is 1. The van der Waals surface area contributed by atoms with Gasteiger partial charge in [-0.05, 0) is 17.7 Å². The molecule has 14 heavy (non-hydrogen) atoms. The van der Waals surface area contributed by atoms with Gasteiger partial charge in [0.05, 0.1) is 0 Å². The van der Waals surface area contributed by atoms with Gasteiger partial charge in [0.25, 0.3) is 0 Å². The molecule has 1 aromatic rings. The minimum atomic E-state index is -1.69. The van der Waals surface area contributed by atoms with Crippen LogP contribution in [0.2, 0.25) is 0 Å². The van der Waals surface area contributed by atoms with Gasteiger partial charge in [0.1, 0.15) is 11.7 Å². The molecule has 0 saturated heterocycles. The first kappa shape index (κ1) is 13.2. The van der Waals surface area contributed by atoms with Gasteiger partial charge in [-0.3, -0.25) is 4.79 Å². The van der Waals surface area contributed by atoms with Crippen molar-refractivity contribution in [2.24, 2.45) is 0 Å². The number of carboxylic acids is 1. The molecule has 1 aromatic carbocycles. The molecule has 0 bridgehead atoms. The van der Waals surface area contributed by atoms with E-state index < -0.39 is 11.8 Å². The number of Topliss-reactive ketones (excluding diaryl/α,β-unsaturated/α-hetero) is 1. The number of aliphatic carboxylic acids is 1. The summed E-state index contributed by atoms with van der Waals surface area (Å²) in [5.74, 6) is -2.58. The van der Waals surface area contributed by atoms with Gasteiger partial charge in [-0.25, -0.2) is 0 Å². The fraction of sp³-hybridized carbons (Fsp3) is 0.111. The summed E-state index contributed by atoms with van der Waals surface area (Å²) in [6.45, 7) is 0. The molecule has 0 heterocycles. The van der Waals surface area contributed by atoms with E-state index in [0.717, 1.165) is 0 Å². The topological polar surface area (TPSA) is 77.4 Å². The number of rotatable bonds is 3. The molecule has 1 rings (SSSR count). The third-order valence-electron chi connectivity index (χ3n) is 1.53. The second-order valence-corrected chi connectivity index (χ2v) is 2.55. The number of ketones is 1. The average Bonchev–Trinajstić information content (AvgIpc) is 2.08. The fourth-order valence-electron chi connectivity index (χ4n) is 0.871. The number of hydrogen-bond acceptors (Lipinski definition) is 4. The van der Waals surface area contributed by atoms with Crippen LogP contribution in [-0.2, 0) is 16.0 Å². The molecule has 1 N–H and O–H groups in total. The number of aromatic hydroxyl groups is 1. The van der Waals surface area contributed by atoms with E-state index in [-0.39, 0.29) is 41.7 Å². The van der Waals surface area contributed by atoms with Crippen LogP contribution in [0.15, 0.2) is 24.3 Å². The molecule has 0 amide bonds. The van der Waals surface area contributed by atoms with Crippen molar-refractivity contribution in [3.63, 3.8) is 0 Å². The smallest absolute Gasteiger partial charge is 0.542 e. The minimum Gasteiger partial charge on any atom is -0.542 e. The van der Waals surface area contributed by atoms with E-state index in [1.165, 1.54) is 24.3 Å². The summed E-state index contributed by atoms with van der Waals surface area (Å²) in [6.07, 6.45) is -0.206. The van der Waals surface area contributed by atoms with Crippen LogP contribution in [0.4, 0.5) is 0 Å². The third kappa shape index (κ3) is 3.91. The molecule has 0 atom stereocenters. The number of hydrogen-bond donors (Lipinski definition) is 1. The van der Waals surface area contributed by atoms with Gasteiger partial charge in [-0.2, -0.15) is 0 Å². The SMILES string of the molecule is O=C([O-])C(=O)Cc1ccc(O)cc1.[Na+]. The van der Waals surface area contributed by atoms with Crippen LogP contribution in [0.5, 0.6) is 5.75 Å². The van der Waals surface area contributed by atoms with Crippen molar-refractivity contribution in [1.82, 2.24) is 0 Å². The second-order valence-electron chi connectivity index (χ2n) is 2.55. The van der Waals surface area contributed by atoms with Crippen molar-refractivity contribution in [1.29, 1.82) is 0 Å². The van der Waals surface area contributed by atoms with Crippen LogP contribution in [-0.4, -0.2) is 16.9 Å². The largest absolute Gasteiger partial charge is 1.00 e. The predicted molar refractivity (Wildman–Crippen MR) is 41.8 cm³/mol. The Hall–Kier alpha value is -0.840. The maximum absolute atomic E-state index is 10.7. The summed E-state index contributed by atoms with van der Waals surface area (Å²) in [5.41, 5.74) is 0.534. The third-order valence-corrected chi connectivity index (χ3v) is 1.53. The molecule has 0 aliphatic carbocycles. The number of phenolic OH excluding ortho intramolecular Hbond substituents is 1. The molecular formula is C9H7NaO4. The van der Waals surface area contributed by atoms with Crippen LogP contribution >= 0.6 is 0 Å². The Labute approximate surface area is 103 Å². The molecule has 0 aliphatic heterocycles. The Balaban J connectivity index is 0.00000169. The predicted octanol–water partition coefficient (Wildman–Crippen LogP) is -3.74. The van der Waals surface area contributed by atoms with Gasteiger partial charge >= 0.3 is 29.6 Å². The van der Waals surface area contributed by atoms with Crippen LogP contribution < -0.4 is 34.7 Å². The molecule has 0 spiro atoms. The quantitative estimate of drug-likeness (QED) is 0.403. The maximum atomic E-state index is 10.7. The Morgan fingerprint density at radius 3 is 2.14 bits per heavy atom. The fourth-order valence-corrected chi connectivity index (χ4v) is 0.871. The summed E-state index contributed by atoms with van der Waals surface area (Å²) >= 11 is 0. The number of carbonyl (C=O) groups excluding carboxylic acids is 2. The van der Waals surface area contributed by atoms with Crippen molar-refractivity contribution >= 4 is 11.8 Å². The number of carboxylic acid groups (broad SMARTS) is 1. The van der Waals surface area contributed by atoms with Crippen molar-refractivity contribution < 1.29 is 49.4 Å². The zero-order chi connectivity index (χ0) is 9.84. The number of carbonyl (C=O) groups is 2. The summed E-state index contributed by atoms with van der Waals surface area (Å²) in [7, 11) is 0. The van der Waals surface area contributed by atoms with E-state index in [0.29, 0.717) is 5.56 Å². The molecule has 0 aromatic heterocycles. The second kappa shape index (κ2) is 5.80. The summed E-state index contributed by atoms with van der Waals surface area (Å²) in [6, 6.07) is 5.74. The monoisotopic (exact) mass is 202 g/mol. The molecule has 0 saturated carbocycles. The molecule has 0 radical (unpaired) electrons. The van der Waals surface area contributed by atoms with Crippen LogP contribution in [0, 0.1) is 0 Å². The van der Waals surface area contributed by atoms with Crippen LogP contribution in [0.3, 0.4) is 0 Å². The minimum absolute atomic E-state index is 0. The number of benzene rings is 1. The van der Waals surface area contributed by atoms with E-state index in [1.54, 1.807) is 0 Å². The first-order valence-corrected chi connectivity index (χ1v) is 3.61. The van der Waals surface area contributed by atoms with E-state index in [4.69, 9.17) is 5.11 Å². The van der Waals surface area contributed by atoms with Crippen molar-refractivity contribution in [2.75, 3.05) is 0 Å². The van der Waals surface area contributed by atoms with Gasteiger partial charge in [0.2, 0.25) is 0 Å². The van der Waals surface area contributed by atoms with Gasteiger partial charge in [0, 0.05) is 6.42 Å². The Morgan fingerprint density at radius 2 is 1.71 bits per heavy atom. The van der Waals surface area contributed by atoms with Gasteiger partial charge < -0.3 is 15.0 Å². The summed E-state index contributed by atoms with van der Waals surface area (Å²) in [4.78, 5) is 20.7. The van der Waals surface area contributed by atoms with E-state index in [1.807, 2.05) is 0 Å². The summed E-state index contributed by atoms with van der Waals surface area (Å²) < 4.78 is 0. The Morgan fingerprint density at radius 1 is 1.21 bits per heavy atom. The molecule has 68 valence electrons. The van der Waals surface area contributed by atoms with Gasteiger partial charge in [-0.1, -0.05) is 12.1 Å². The summed E-state index contributed by atoms with van der Waals surface area (Å²) in [5, 5.41) is 18.9. The van der Waals surface area contributed by atoms with Gasteiger partial charge in [0.15, 0.2) is 5.78 Å². The molecule has 0 unspecified atom stereocenters. The van der Waals surface area contributed by atoms with Crippen molar-refractivity contribution in [2.45, 2.75) is 6.42 Å². The molecule has 4 nitrogen and oxygen atoms in total. The molecule has 5 heteroatoms. The van der Waals surface area contributed by atoms with Gasteiger partial charge in [-0.15, -0.1) is 0 Å². The first-order valence-electron chi connectivity index (χ1n) is 3.61. The standard InChI is InChI=1S/C9H8O4.Na/c10-7-3-1-6(2-4-7)5-8(11)9(12)13;/h1-4,10H,5H2,(H,12,13);/q;+1/p-1. The zero-order valence-corrected chi connectivity index (χ0v) is 9.69. The van der Waals surface area contributed by atoms with Crippen molar-refractivity contribution in [3.8, 4) is 5.75 Å². The molecule has 0 aliphatic rings. The Kier molecular flexibility index (Phi) is 5.45. The Bertz CT molecular complexity index is 331. The first-order chi connectivity index (χ1) is 6.09. The average molecular weight is 202 g/mol. The van der Waals surface area contributed by atoms with Crippen LogP contribution in [0.25, 0.3) is 0 Å². The van der Waals surface area contributed by atoms with E-state index >= 15 is 0 Å². The molecular weight excluding hydrogens is 195 g/mol.